The van der Waals surface area contributed by atoms with E-state index in [2.05, 4.69) is 140 Å². The van der Waals surface area contributed by atoms with Crippen LogP contribution in [0.15, 0.2) is 140 Å². The molecule has 0 aliphatic carbocycles. The highest BCUT2D eigenvalue weighted by molar-refractivity contribution is 5.70. The van der Waals surface area contributed by atoms with Crippen LogP contribution in [-0.4, -0.2) is 0 Å². The first-order chi connectivity index (χ1) is 15.9. The molecule has 0 saturated heterocycles. The Hall–Kier alpha value is -3.90. The normalized spacial score (nSPS) is 11.8. The van der Waals surface area contributed by atoms with E-state index in [1.165, 1.54) is 38.9 Å². The van der Waals surface area contributed by atoms with Crippen LogP contribution in [0.3, 0.4) is 0 Å². The van der Waals surface area contributed by atoms with Crippen LogP contribution < -0.4 is 0 Å². The summed E-state index contributed by atoms with van der Waals surface area (Å²) >= 11 is 0. The van der Waals surface area contributed by atoms with Crippen molar-refractivity contribution in [3.8, 4) is 22.3 Å². The maximum Gasteiger partial charge on any atom is 0.0136 e. The summed E-state index contributed by atoms with van der Waals surface area (Å²) in [7, 11) is 0. The Morgan fingerprint density at radius 3 is 1.53 bits per heavy atom. The van der Waals surface area contributed by atoms with E-state index >= 15 is 0 Å². The van der Waals surface area contributed by atoms with E-state index in [-0.39, 0.29) is 5.92 Å². The highest BCUT2D eigenvalue weighted by Gasteiger charge is 2.20. The van der Waals surface area contributed by atoms with Crippen molar-refractivity contribution < 1.29 is 0 Å². The van der Waals surface area contributed by atoms with Crippen molar-refractivity contribution in [2.24, 2.45) is 0 Å². The average molecular weight is 411 g/mol. The lowest BCUT2D eigenvalue weighted by Gasteiger charge is -2.23. The predicted molar refractivity (Wildman–Crippen MR) is 136 cm³/mol. The lowest BCUT2D eigenvalue weighted by molar-refractivity contribution is 0.808. The quantitative estimate of drug-likeness (QED) is 0.264. The molecule has 32 heavy (non-hydrogen) atoms. The summed E-state index contributed by atoms with van der Waals surface area (Å²) in [5.41, 5.74) is 9.24. The lowest BCUT2D eigenvalue weighted by Crippen LogP contribution is -2.08. The van der Waals surface area contributed by atoms with Crippen LogP contribution in [-0.2, 0) is 6.42 Å². The summed E-state index contributed by atoms with van der Waals surface area (Å²) in [4.78, 5) is 0. The van der Waals surface area contributed by atoms with E-state index in [9.17, 15) is 0 Å². The van der Waals surface area contributed by atoms with Crippen molar-refractivity contribution in [1.82, 2.24) is 0 Å². The van der Waals surface area contributed by atoms with Gasteiger partial charge in [0, 0.05) is 5.92 Å². The van der Waals surface area contributed by atoms with Gasteiger partial charge < -0.3 is 0 Å². The molecule has 0 aliphatic heterocycles. The van der Waals surface area contributed by atoms with Crippen molar-refractivity contribution in [2.45, 2.75) is 12.3 Å². The van der Waals surface area contributed by atoms with E-state index < -0.39 is 0 Å². The summed E-state index contributed by atoms with van der Waals surface area (Å²) < 4.78 is 0. The summed E-state index contributed by atoms with van der Waals surface area (Å²) in [5, 5.41) is 0. The molecule has 5 aromatic carbocycles. The van der Waals surface area contributed by atoms with Gasteiger partial charge in [0.2, 0.25) is 0 Å². The van der Waals surface area contributed by atoms with E-state index in [0.29, 0.717) is 0 Å². The molecule has 5 rings (SSSR count). The highest BCUT2D eigenvalue weighted by Crippen LogP contribution is 2.37. The molecule has 0 aromatic heterocycles. The molecule has 0 N–H and O–H groups in total. The molecule has 0 saturated carbocycles. The minimum Gasteiger partial charge on any atom is -0.0622 e. The second-order valence-electron chi connectivity index (χ2n) is 8.14. The zero-order chi connectivity index (χ0) is 21.6. The molecule has 0 spiro atoms. The first kappa shape index (κ1) is 20.0. The summed E-state index contributed by atoms with van der Waals surface area (Å²) in [6.07, 6.45) is 0.943. The average Bonchev–Trinajstić information content (AvgIpc) is 2.89. The van der Waals surface area contributed by atoms with Crippen LogP contribution in [0.1, 0.15) is 22.6 Å². The molecule has 0 amide bonds. The third-order valence-corrected chi connectivity index (χ3v) is 6.15. The van der Waals surface area contributed by atoms with Gasteiger partial charge in [-0.1, -0.05) is 140 Å². The van der Waals surface area contributed by atoms with Gasteiger partial charge in [-0.25, -0.2) is 0 Å². The van der Waals surface area contributed by atoms with Gasteiger partial charge >= 0.3 is 0 Å². The molecular weight excluding hydrogens is 384 g/mol. The molecule has 0 heterocycles. The summed E-state index contributed by atoms with van der Waals surface area (Å²) in [6, 6.07) is 50.1. The molecule has 0 nitrogen and oxygen atoms in total. The molecule has 1 unspecified atom stereocenters. The molecule has 0 heteroatoms. The minimum atomic E-state index is 0.262. The van der Waals surface area contributed by atoms with Crippen LogP contribution in [0.5, 0.6) is 0 Å². The van der Waals surface area contributed by atoms with Gasteiger partial charge in [0.15, 0.2) is 0 Å². The largest absolute Gasteiger partial charge is 0.0622 e. The maximum atomic E-state index is 2.30. The Morgan fingerprint density at radius 1 is 0.406 bits per heavy atom. The third kappa shape index (κ3) is 4.26. The highest BCUT2D eigenvalue weighted by atomic mass is 14.2. The zero-order valence-corrected chi connectivity index (χ0v) is 18.1. The molecular formula is C32H26. The van der Waals surface area contributed by atoms with E-state index in [1.54, 1.807) is 0 Å². The van der Waals surface area contributed by atoms with Crippen molar-refractivity contribution in [3.05, 3.63) is 156 Å². The van der Waals surface area contributed by atoms with Gasteiger partial charge in [-0.2, -0.15) is 0 Å². The van der Waals surface area contributed by atoms with Gasteiger partial charge in [0.05, 0.1) is 0 Å². The van der Waals surface area contributed by atoms with Crippen LogP contribution >= 0.6 is 0 Å². The Labute approximate surface area is 190 Å². The van der Waals surface area contributed by atoms with Crippen LogP contribution in [0, 0.1) is 0 Å². The fourth-order valence-corrected chi connectivity index (χ4v) is 4.59. The second-order valence-corrected chi connectivity index (χ2v) is 8.14. The summed E-state index contributed by atoms with van der Waals surface area (Å²) in [6.45, 7) is 0. The minimum absolute atomic E-state index is 0.262. The smallest absolute Gasteiger partial charge is 0.0136 e. The lowest BCUT2D eigenvalue weighted by atomic mass is 9.81. The number of benzene rings is 5. The first-order valence-corrected chi connectivity index (χ1v) is 11.2. The Kier molecular flexibility index (Phi) is 5.94. The first-order valence-electron chi connectivity index (χ1n) is 11.2. The van der Waals surface area contributed by atoms with Crippen molar-refractivity contribution in [1.29, 1.82) is 0 Å². The third-order valence-electron chi connectivity index (χ3n) is 6.15. The van der Waals surface area contributed by atoms with Gasteiger partial charge in [0.25, 0.3) is 0 Å². The van der Waals surface area contributed by atoms with Crippen molar-refractivity contribution >= 4 is 0 Å². The number of hydrogen-bond acceptors (Lipinski definition) is 0. The molecule has 1 atom stereocenters. The van der Waals surface area contributed by atoms with Crippen molar-refractivity contribution in [2.75, 3.05) is 0 Å². The van der Waals surface area contributed by atoms with Gasteiger partial charge in [-0.3, -0.25) is 0 Å². The molecule has 0 aliphatic rings. The van der Waals surface area contributed by atoms with Crippen LogP contribution in [0.2, 0.25) is 0 Å². The van der Waals surface area contributed by atoms with Crippen LogP contribution in [0.25, 0.3) is 22.3 Å². The zero-order valence-electron chi connectivity index (χ0n) is 18.1. The van der Waals surface area contributed by atoms with E-state index in [0.717, 1.165) is 6.42 Å². The summed E-state index contributed by atoms with van der Waals surface area (Å²) in [5.74, 6) is 0.262. The number of rotatable bonds is 6. The molecule has 0 bridgehead atoms. The van der Waals surface area contributed by atoms with Gasteiger partial charge in [0.1, 0.15) is 0 Å². The fraction of sp³-hybridized carbons (Fsp3) is 0.0625. The number of hydrogen-bond donors (Lipinski definition) is 0. The topological polar surface area (TPSA) is 0 Å². The van der Waals surface area contributed by atoms with Crippen molar-refractivity contribution in [3.63, 3.8) is 0 Å². The molecule has 5 aromatic rings. The van der Waals surface area contributed by atoms with E-state index in [1.807, 2.05) is 0 Å². The standard InChI is InChI=1S/C32H26/c1-4-14-25(15-5-1)29-21-11-10-20-28(29)24-32(27-18-8-3-9-19-27)31-23-13-12-22-30(31)26-16-6-2-7-17-26/h1-23,32H,24H2. The van der Waals surface area contributed by atoms with Gasteiger partial charge in [-0.05, 0) is 45.4 Å². The molecule has 154 valence electrons. The monoisotopic (exact) mass is 410 g/mol. The predicted octanol–water partition coefficient (Wildman–Crippen LogP) is 8.40. The Morgan fingerprint density at radius 2 is 0.875 bits per heavy atom. The molecule has 0 radical (unpaired) electrons. The maximum absolute atomic E-state index is 2.30. The van der Waals surface area contributed by atoms with E-state index in [4.69, 9.17) is 0 Å². The van der Waals surface area contributed by atoms with Crippen LogP contribution in [0.4, 0.5) is 0 Å². The molecule has 0 fully saturated rings. The Balaban J connectivity index is 1.64. The second kappa shape index (κ2) is 9.49. The fourth-order valence-electron chi connectivity index (χ4n) is 4.59. The SMILES string of the molecule is c1ccc(-c2ccccc2CC(c2ccccc2)c2ccccc2-c2ccccc2)cc1. The van der Waals surface area contributed by atoms with Gasteiger partial charge in [-0.15, -0.1) is 0 Å². The Bertz CT molecular complexity index is 1270.